The fourth-order valence-electron chi connectivity index (χ4n) is 2.55. The molecule has 0 atom stereocenters. The lowest BCUT2D eigenvalue weighted by atomic mass is 10.0. The van der Waals surface area contributed by atoms with Gasteiger partial charge in [0, 0.05) is 30.9 Å². The third-order valence-corrected chi connectivity index (χ3v) is 3.54. The van der Waals surface area contributed by atoms with Crippen molar-refractivity contribution in [1.82, 2.24) is 15.1 Å². The minimum Gasteiger partial charge on any atom is -0.316 e. The van der Waals surface area contributed by atoms with Crippen molar-refractivity contribution in [2.75, 3.05) is 7.05 Å². The van der Waals surface area contributed by atoms with Crippen LogP contribution >= 0.6 is 0 Å². The number of aromatic nitrogens is 2. The molecular formula is C18H19N3. The molecule has 0 amide bonds. The van der Waals surface area contributed by atoms with Crippen LogP contribution in [0.15, 0.2) is 60.8 Å². The van der Waals surface area contributed by atoms with E-state index in [2.05, 4.69) is 65.1 Å². The Morgan fingerprint density at radius 3 is 2.19 bits per heavy atom. The lowest BCUT2D eigenvalue weighted by molar-refractivity contribution is 0.765. The molecule has 0 bridgehead atoms. The van der Waals surface area contributed by atoms with Gasteiger partial charge >= 0.3 is 0 Å². The molecule has 0 spiro atoms. The average Bonchev–Trinajstić information content (AvgIpc) is 2.89. The van der Waals surface area contributed by atoms with Gasteiger partial charge in [0.25, 0.3) is 0 Å². The van der Waals surface area contributed by atoms with E-state index in [1.807, 2.05) is 24.8 Å². The molecule has 3 aromatic rings. The van der Waals surface area contributed by atoms with E-state index in [-0.39, 0.29) is 0 Å². The quantitative estimate of drug-likeness (QED) is 0.791. The van der Waals surface area contributed by atoms with E-state index in [9.17, 15) is 0 Å². The minimum atomic E-state index is 0.823. The van der Waals surface area contributed by atoms with Crippen molar-refractivity contribution >= 4 is 0 Å². The zero-order valence-corrected chi connectivity index (χ0v) is 12.4. The Balaban J connectivity index is 1.94. The lowest BCUT2D eigenvalue weighted by Gasteiger charge is -2.05. The van der Waals surface area contributed by atoms with E-state index in [4.69, 9.17) is 0 Å². The van der Waals surface area contributed by atoms with Crippen molar-refractivity contribution in [3.05, 3.63) is 66.4 Å². The van der Waals surface area contributed by atoms with Gasteiger partial charge in [0.2, 0.25) is 0 Å². The second-order valence-corrected chi connectivity index (χ2v) is 5.15. The number of hydrogen-bond acceptors (Lipinski definition) is 2. The van der Waals surface area contributed by atoms with Crippen LogP contribution in [0.25, 0.3) is 22.4 Å². The van der Waals surface area contributed by atoms with Crippen molar-refractivity contribution in [2.24, 2.45) is 7.05 Å². The van der Waals surface area contributed by atoms with Crippen LogP contribution in [0.3, 0.4) is 0 Å². The van der Waals surface area contributed by atoms with Crippen molar-refractivity contribution in [1.29, 1.82) is 0 Å². The van der Waals surface area contributed by atoms with Crippen LogP contribution in [-0.2, 0) is 13.6 Å². The first-order chi connectivity index (χ1) is 10.3. The van der Waals surface area contributed by atoms with Crippen LogP contribution in [0.1, 0.15) is 5.56 Å². The molecule has 0 radical (unpaired) electrons. The second kappa shape index (κ2) is 5.94. The van der Waals surface area contributed by atoms with Crippen molar-refractivity contribution in [3.63, 3.8) is 0 Å². The Labute approximate surface area is 125 Å². The van der Waals surface area contributed by atoms with Crippen LogP contribution < -0.4 is 5.32 Å². The highest BCUT2D eigenvalue weighted by Crippen LogP contribution is 2.26. The number of nitrogens with one attached hydrogen (secondary N) is 1. The number of benzene rings is 2. The van der Waals surface area contributed by atoms with E-state index >= 15 is 0 Å². The van der Waals surface area contributed by atoms with Crippen LogP contribution in [0.4, 0.5) is 0 Å². The summed E-state index contributed by atoms with van der Waals surface area (Å²) < 4.78 is 1.87. The van der Waals surface area contributed by atoms with Crippen LogP contribution in [0, 0.1) is 0 Å². The summed E-state index contributed by atoms with van der Waals surface area (Å²) in [4.78, 5) is 0. The summed E-state index contributed by atoms with van der Waals surface area (Å²) in [7, 11) is 3.91. The minimum absolute atomic E-state index is 0.823. The molecule has 3 heteroatoms. The molecule has 0 saturated carbocycles. The molecule has 0 aliphatic heterocycles. The van der Waals surface area contributed by atoms with Crippen molar-refractivity contribution in [3.8, 4) is 22.4 Å². The first-order valence-corrected chi connectivity index (χ1v) is 7.11. The van der Waals surface area contributed by atoms with Crippen molar-refractivity contribution < 1.29 is 0 Å². The predicted octanol–water partition coefficient (Wildman–Crippen LogP) is 3.47. The van der Waals surface area contributed by atoms with Crippen LogP contribution in [0.2, 0.25) is 0 Å². The Morgan fingerprint density at radius 2 is 1.52 bits per heavy atom. The highest BCUT2D eigenvalue weighted by molar-refractivity contribution is 5.70. The summed E-state index contributed by atoms with van der Waals surface area (Å²) in [6.45, 7) is 0.823. The molecule has 3 rings (SSSR count). The number of hydrogen-bond donors (Lipinski definition) is 1. The number of rotatable bonds is 4. The van der Waals surface area contributed by atoms with Gasteiger partial charge in [-0.05, 0) is 18.2 Å². The first-order valence-electron chi connectivity index (χ1n) is 7.11. The summed E-state index contributed by atoms with van der Waals surface area (Å²) in [6.07, 6.45) is 2.07. The van der Waals surface area contributed by atoms with Gasteiger partial charge in [0.15, 0.2) is 0 Å². The Kier molecular flexibility index (Phi) is 3.84. The number of nitrogens with zero attached hydrogens (tertiary/aromatic N) is 2. The zero-order chi connectivity index (χ0) is 14.7. The van der Waals surface area contributed by atoms with Gasteiger partial charge < -0.3 is 5.32 Å². The summed E-state index contributed by atoms with van der Waals surface area (Å²) in [6, 6.07) is 19.0. The molecule has 106 valence electrons. The first kappa shape index (κ1) is 13.6. The topological polar surface area (TPSA) is 29.9 Å². The maximum absolute atomic E-state index is 4.58. The molecule has 3 nitrogen and oxygen atoms in total. The molecule has 2 aromatic carbocycles. The average molecular weight is 277 g/mol. The summed E-state index contributed by atoms with van der Waals surface area (Å²) in [5, 5.41) is 7.77. The Morgan fingerprint density at radius 1 is 0.905 bits per heavy atom. The maximum atomic E-state index is 4.58. The highest BCUT2D eigenvalue weighted by atomic mass is 15.3. The van der Waals surface area contributed by atoms with Gasteiger partial charge in [0.05, 0.1) is 5.69 Å². The molecule has 0 aliphatic carbocycles. The Bertz CT molecular complexity index is 712. The van der Waals surface area contributed by atoms with Crippen LogP contribution in [0.5, 0.6) is 0 Å². The van der Waals surface area contributed by atoms with E-state index in [1.54, 1.807) is 0 Å². The third kappa shape index (κ3) is 2.88. The van der Waals surface area contributed by atoms with Gasteiger partial charge in [-0.25, -0.2) is 0 Å². The van der Waals surface area contributed by atoms with Gasteiger partial charge in [-0.3, -0.25) is 4.68 Å². The van der Waals surface area contributed by atoms with Crippen molar-refractivity contribution in [2.45, 2.75) is 6.54 Å². The SMILES string of the molecule is CNCc1cn(C)nc1-c1ccc(-c2ccccc2)cc1. The van der Waals surface area contributed by atoms with Gasteiger partial charge in [-0.1, -0.05) is 54.6 Å². The molecule has 0 aliphatic rings. The summed E-state index contributed by atoms with van der Waals surface area (Å²) in [5.41, 5.74) is 5.88. The predicted molar refractivity (Wildman–Crippen MR) is 86.8 cm³/mol. The van der Waals surface area contributed by atoms with Gasteiger partial charge in [0.1, 0.15) is 0 Å². The molecule has 21 heavy (non-hydrogen) atoms. The summed E-state index contributed by atoms with van der Waals surface area (Å²) >= 11 is 0. The standard InChI is InChI=1S/C18H19N3/c1-19-12-17-13-21(2)20-18(17)16-10-8-15(9-11-16)14-6-4-3-5-7-14/h3-11,13,19H,12H2,1-2H3. The van der Waals surface area contributed by atoms with Crippen LogP contribution in [-0.4, -0.2) is 16.8 Å². The lowest BCUT2D eigenvalue weighted by Crippen LogP contribution is -2.05. The van der Waals surface area contributed by atoms with E-state index in [0.29, 0.717) is 0 Å². The van der Waals surface area contributed by atoms with E-state index in [0.717, 1.165) is 17.8 Å². The normalized spacial score (nSPS) is 10.8. The maximum Gasteiger partial charge on any atom is 0.0967 e. The Hall–Kier alpha value is -2.39. The molecule has 1 N–H and O–H groups in total. The summed E-state index contributed by atoms with van der Waals surface area (Å²) in [5.74, 6) is 0. The molecule has 0 fully saturated rings. The number of aryl methyl sites for hydroxylation is 1. The van der Waals surface area contributed by atoms with E-state index < -0.39 is 0 Å². The molecular weight excluding hydrogens is 258 g/mol. The van der Waals surface area contributed by atoms with Gasteiger partial charge in [-0.2, -0.15) is 5.10 Å². The van der Waals surface area contributed by atoms with E-state index in [1.165, 1.54) is 16.7 Å². The largest absolute Gasteiger partial charge is 0.316 e. The third-order valence-electron chi connectivity index (χ3n) is 3.54. The molecule has 1 aromatic heterocycles. The smallest absolute Gasteiger partial charge is 0.0967 e. The molecule has 0 saturated heterocycles. The molecule has 1 heterocycles. The van der Waals surface area contributed by atoms with Gasteiger partial charge in [-0.15, -0.1) is 0 Å². The second-order valence-electron chi connectivity index (χ2n) is 5.15. The fraction of sp³-hybridized carbons (Fsp3) is 0.167. The highest BCUT2D eigenvalue weighted by Gasteiger charge is 2.09. The molecule has 0 unspecified atom stereocenters. The fourth-order valence-corrected chi connectivity index (χ4v) is 2.55. The zero-order valence-electron chi connectivity index (χ0n) is 12.4. The monoisotopic (exact) mass is 277 g/mol.